The Labute approximate surface area is 179 Å². The fourth-order valence-electron chi connectivity index (χ4n) is 4.27. The van der Waals surface area contributed by atoms with Gasteiger partial charge < -0.3 is 20.3 Å². The second-order valence-corrected chi connectivity index (χ2v) is 7.85. The van der Waals surface area contributed by atoms with Gasteiger partial charge in [0.05, 0.1) is 5.39 Å². The van der Waals surface area contributed by atoms with Gasteiger partial charge in [0, 0.05) is 36.5 Å². The molecule has 156 valence electrons. The van der Waals surface area contributed by atoms with E-state index in [1.807, 2.05) is 30.5 Å². The molecule has 4 aromatic rings. The minimum Gasteiger partial charge on any atom is -0.508 e. The lowest BCUT2D eigenvalue weighted by Gasteiger charge is -2.34. The van der Waals surface area contributed by atoms with Crippen LogP contribution in [0, 0.1) is 0 Å². The molecule has 1 aliphatic heterocycles. The highest BCUT2D eigenvalue weighted by molar-refractivity contribution is 6.04. The smallest absolute Gasteiger partial charge is 0.255 e. The summed E-state index contributed by atoms with van der Waals surface area (Å²) in [5, 5.41) is 13.6. The third-order valence-electron chi connectivity index (χ3n) is 5.78. The van der Waals surface area contributed by atoms with Gasteiger partial charge in [0.2, 0.25) is 0 Å². The van der Waals surface area contributed by atoms with Gasteiger partial charge in [0.1, 0.15) is 23.5 Å². The van der Waals surface area contributed by atoms with Crippen molar-refractivity contribution in [1.82, 2.24) is 15.0 Å². The Morgan fingerprint density at radius 3 is 2.94 bits per heavy atom. The van der Waals surface area contributed by atoms with Gasteiger partial charge in [0.25, 0.3) is 5.91 Å². The molecule has 1 atom stereocenters. The first-order valence-corrected chi connectivity index (χ1v) is 10.4. The van der Waals surface area contributed by atoms with Crippen LogP contribution in [-0.4, -0.2) is 39.1 Å². The third-order valence-corrected chi connectivity index (χ3v) is 5.78. The van der Waals surface area contributed by atoms with Crippen LogP contribution in [0.1, 0.15) is 34.7 Å². The minimum absolute atomic E-state index is 0.0740. The Morgan fingerprint density at radius 1 is 1.13 bits per heavy atom. The van der Waals surface area contributed by atoms with Gasteiger partial charge in [-0.3, -0.25) is 4.79 Å². The lowest BCUT2D eigenvalue weighted by Crippen LogP contribution is -2.35. The number of hydrogen-bond donors (Lipinski definition) is 3. The van der Waals surface area contributed by atoms with Crippen molar-refractivity contribution in [3.05, 3.63) is 78.2 Å². The number of hydrogen-bond acceptors (Lipinski definition) is 5. The van der Waals surface area contributed by atoms with Crippen molar-refractivity contribution in [3.63, 3.8) is 0 Å². The molecule has 0 spiro atoms. The highest BCUT2D eigenvalue weighted by atomic mass is 16.3. The molecule has 1 fully saturated rings. The van der Waals surface area contributed by atoms with E-state index in [-0.39, 0.29) is 11.7 Å². The van der Waals surface area contributed by atoms with E-state index >= 15 is 0 Å². The first-order valence-electron chi connectivity index (χ1n) is 10.4. The Kier molecular flexibility index (Phi) is 5.00. The summed E-state index contributed by atoms with van der Waals surface area (Å²) in [4.78, 5) is 26.9. The maximum atomic E-state index is 12.5. The number of phenolic OH excluding ortho intramolecular Hbond substituents is 1. The van der Waals surface area contributed by atoms with E-state index in [9.17, 15) is 9.90 Å². The first kappa shape index (κ1) is 19.1. The van der Waals surface area contributed by atoms with E-state index in [2.05, 4.69) is 31.2 Å². The van der Waals surface area contributed by atoms with Crippen molar-refractivity contribution in [3.8, 4) is 5.75 Å². The molecule has 0 bridgehead atoms. The zero-order chi connectivity index (χ0) is 21.2. The van der Waals surface area contributed by atoms with E-state index in [1.54, 1.807) is 24.5 Å². The maximum absolute atomic E-state index is 12.5. The number of anilines is 2. The summed E-state index contributed by atoms with van der Waals surface area (Å²) in [5.41, 5.74) is 3.22. The average molecular weight is 413 g/mol. The van der Waals surface area contributed by atoms with Crippen molar-refractivity contribution in [2.75, 3.05) is 23.3 Å². The fourth-order valence-corrected chi connectivity index (χ4v) is 4.27. The Morgan fingerprint density at radius 2 is 2.03 bits per heavy atom. The molecule has 3 heterocycles. The number of piperidine rings is 1. The normalized spacial score (nSPS) is 16.4. The standard InChI is InChI=1S/C24H23N5O2/c30-20-8-2-5-17(13-20)24(31)28-19-7-1-4-16(12-19)18-6-3-11-29(14-18)23-21-9-10-25-22(21)26-15-27-23/h1-2,4-5,7-10,12-13,15,18,30H,3,6,11,14H2,(H,28,31)(H,25,26,27). The van der Waals surface area contributed by atoms with Crippen LogP contribution in [0.5, 0.6) is 5.75 Å². The van der Waals surface area contributed by atoms with Crippen molar-refractivity contribution >= 4 is 28.4 Å². The second kappa shape index (κ2) is 8.10. The number of rotatable bonds is 4. The summed E-state index contributed by atoms with van der Waals surface area (Å²) in [5.74, 6) is 1.14. The maximum Gasteiger partial charge on any atom is 0.255 e. The molecule has 1 saturated heterocycles. The monoisotopic (exact) mass is 413 g/mol. The Bertz CT molecular complexity index is 1240. The van der Waals surface area contributed by atoms with E-state index in [0.717, 1.165) is 48.5 Å². The molecule has 0 radical (unpaired) electrons. The molecular weight excluding hydrogens is 390 g/mol. The first-order chi connectivity index (χ1) is 15.2. The number of carbonyl (C=O) groups excluding carboxylic acids is 1. The summed E-state index contributed by atoms with van der Waals surface area (Å²) in [7, 11) is 0. The summed E-state index contributed by atoms with van der Waals surface area (Å²) in [6, 6.07) is 16.4. The summed E-state index contributed by atoms with van der Waals surface area (Å²) < 4.78 is 0. The highest BCUT2D eigenvalue weighted by Crippen LogP contribution is 2.32. The van der Waals surface area contributed by atoms with Gasteiger partial charge in [-0.15, -0.1) is 0 Å². The van der Waals surface area contributed by atoms with Gasteiger partial charge in [0.15, 0.2) is 0 Å². The minimum atomic E-state index is -0.242. The number of aromatic hydroxyl groups is 1. The molecule has 2 aromatic heterocycles. The molecule has 1 amide bonds. The molecule has 3 N–H and O–H groups in total. The van der Waals surface area contributed by atoms with Crippen LogP contribution in [0.4, 0.5) is 11.5 Å². The van der Waals surface area contributed by atoms with Crippen LogP contribution in [-0.2, 0) is 0 Å². The van der Waals surface area contributed by atoms with Crippen LogP contribution in [0.2, 0.25) is 0 Å². The van der Waals surface area contributed by atoms with Crippen LogP contribution < -0.4 is 10.2 Å². The third kappa shape index (κ3) is 3.94. The van der Waals surface area contributed by atoms with Gasteiger partial charge in [-0.2, -0.15) is 0 Å². The highest BCUT2D eigenvalue weighted by Gasteiger charge is 2.24. The number of benzene rings is 2. The van der Waals surface area contributed by atoms with Crippen molar-refractivity contribution in [2.45, 2.75) is 18.8 Å². The largest absolute Gasteiger partial charge is 0.508 e. The quantitative estimate of drug-likeness (QED) is 0.464. The Hall–Kier alpha value is -3.87. The van der Waals surface area contributed by atoms with E-state index in [1.165, 1.54) is 11.6 Å². The van der Waals surface area contributed by atoms with Gasteiger partial charge in [-0.05, 0) is 54.8 Å². The lowest BCUT2D eigenvalue weighted by molar-refractivity contribution is 0.102. The van der Waals surface area contributed by atoms with E-state index in [0.29, 0.717) is 11.5 Å². The number of nitrogens with zero attached hydrogens (tertiary/aromatic N) is 3. The van der Waals surface area contributed by atoms with Gasteiger partial charge >= 0.3 is 0 Å². The summed E-state index contributed by atoms with van der Waals surface area (Å²) >= 11 is 0. The number of amides is 1. The van der Waals surface area contributed by atoms with Crippen LogP contribution in [0.15, 0.2) is 67.1 Å². The van der Waals surface area contributed by atoms with Crippen molar-refractivity contribution in [1.29, 1.82) is 0 Å². The summed E-state index contributed by atoms with van der Waals surface area (Å²) in [6.45, 7) is 1.82. The molecule has 0 aliphatic carbocycles. The number of nitrogens with one attached hydrogen (secondary N) is 2. The summed E-state index contributed by atoms with van der Waals surface area (Å²) in [6.07, 6.45) is 5.65. The van der Waals surface area contributed by atoms with Gasteiger partial charge in [-0.1, -0.05) is 18.2 Å². The number of phenols is 1. The predicted octanol–water partition coefficient (Wildman–Crippen LogP) is 4.30. The van der Waals surface area contributed by atoms with E-state index in [4.69, 9.17) is 0 Å². The zero-order valence-corrected chi connectivity index (χ0v) is 17.0. The number of fused-ring (bicyclic) bond motifs is 1. The molecule has 1 aliphatic rings. The average Bonchev–Trinajstić information content (AvgIpc) is 3.28. The molecule has 7 heteroatoms. The molecule has 2 aromatic carbocycles. The molecule has 5 rings (SSSR count). The van der Waals surface area contributed by atoms with Crippen molar-refractivity contribution < 1.29 is 9.90 Å². The number of carbonyl (C=O) groups is 1. The molecule has 1 unspecified atom stereocenters. The van der Waals surface area contributed by atoms with Crippen molar-refractivity contribution in [2.24, 2.45) is 0 Å². The van der Waals surface area contributed by atoms with Gasteiger partial charge in [-0.25, -0.2) is 9.97 Å². The number of aromatic nitrogens is 3. The predicted molar refractivity (Wildman–Crippen MR) is 121 cm³/mol. The van der Waals surface area contributed by atoms with Crippen LogP contribution in [0.25, 0.3) is 11.0 Å². The molecule has 31 heavy (non-hydrogen) atoms. The van der Waals surface area contributed by atoms with E-state index < -0.39 is 0 Å². The molecule has 0 saturated carbocycles. The lowest BCUT2D eigenvalue weighted by atomic mass is 9.90. The second-order valence-electron chi connectivity index (χ2n) is 7.85. The number of H-pyrrole nitrogens is 1. The Balaban J connectivity index is 1.34. The fraction of sp³-hybridized carbons (Fsp3) is 0.208. The topological polar surface area (TPSA) is 94.1 Å². The van der Waals surface area contributed by atoms with Crippen LogP contribution >= 0.6 is 0 Å². The molecular formula is C24H23N5O2. The number of aromatic amines is 1. The van der Waals surface area contributed by atoms with Crippen LogP contribution in [0.3, 0.4) is 0 Å². The molecule has 7 nitrogen and oxygen atoms in total. The SMILES string of the molecule is O=C(Nc1cccc(C2CCCN(c3ncnc4[nH]ccc34)C2)c1)c1cccc(O)c1. The zero-order valence-electron chi connectivity index (χ0n) is 17.0.